The molecule has 0 fully saturated rings. The lowest BCUT2D eigenvalue weighted by atomic mass is 10.1. The largest absolute Gasteiger partial charge is 0.493 e. The summed E-state index contributed by atoms with van der Waals surface area (Å²) < 4.78 is 17.0. The van der Waals surface area contributed by atoms with Crippen LogP contribution in [0.3, 0.4) is 0 Å². The van der Waals surface area contributed by atoms with Gasteiger partial charge in [-0.2, -0.15) is 0 Å². The zero-order valence-corrected chi connectivity index (χ0v) is 19.7. The summed E-state index contributed by atoms with van der Waals surface area (Å²) in [4.78, 5) is 36.5. The maximum absolute atomic E-state index is 13.4. The van der Waals surface area contributed by atoms with Crippen LogP contribution in [0.4, 0.5) is 22.3 Å². The molecular weight excluding hydrogens is 474 g/mol. The zero-order chi connectivity index (χ0) is 24.7. The molecule has 0 unspecified atom stereocenters. The summed E-state index contributed by atoms with van der Waals surface area (Å²) in [5, 5.41) is 11.6. The molecule has 0 saturated carbocycles. The highest BCUT2D eigenvalue weighted by atomic mass is 32.1. The standard InChI is InChI=1S/C23H19N5O6S/c1-32-17-9-14(10-18(33-2)20(17)34-3)26-12-27(22(29)15-5-4-8-24-21(15)26)23-25-16-7-6-13(28(30)31)11-19(16)35-23/h4-11H,12H2,1-3H3. The van der Waals surface area contributed by atoms with E-state index in [0.717, 1.165) is 0 Å². The van der Waals surface area contributed by atoms with Gasteiger partial charge in [0.1, 0.15) is 12.5 Å². The van der Waals surface area contributed by atoms with E-state index in [2.05, 4.69) is 9.97 Å². The molecule has 1 amide bonds. The quantitative estimate of drug-likeness (QED) is 0.285. The molecule has 5 rings (SSSR count). The van der Waals surface area contributed by atoms with Gasteiger partial charge in [0.2, 0.25) is 5.75 Å². The number of nitro benzene ring substituents is 1. The lowest BCUT2D eigenvalue weighted by Gasteiger charge is -2.36. The Labute approximate surface area is 203 Å². The van der Waals surface area contributed by atoms with Crippen molar-refractivity contribution in [3.8, 4) is 17.2 Å². The summed E-state index contributed by atoms with van der Waals surface area (Å²) in [6, 6.07) is 11.4. The number of benzene rings is 2. The number of hydrogen-bond acceptors (Lipinski definition) is 10. The SMILES string of the molecule is COc1cc(N2CN(c3nc4ccc([N+](=O)[O-])cc4s3)C(=O)c3cccnc32)cc(OC)c1OC. The molecule has 35 heavy (non-hydrogen) atoms. The number of fused-ring (bicyclic) bond motifs is 2. The molecule has 2 aromatic carbocycles. The van der Waals surface area contributed by atoms with Crippen LogP contribution in [0.1, 0.15) is 10.4 Å². The summed E-state index contributed by atoms with van der Waals surface area (Å²) in [6.45, 7) is 0.101. The number of rotatable bonds is 6. The first-order valence-electron chi connectivity index (χ1n) is 10.3. The fraction of sp³-hybridized carbons (Fsp3) is 0.174. The van der Waals surface area contributed by atoms with Gasteiger partial charge < -0.3 is 19.1 Å². The summed E-state index contributed by atoms with van der Waals surface area (Å²) in [6.07, 6.45) is 1.61. The lowest BCUT2D eigenvalue weighted by Crippen LogP contribution is -2.45. The third-order valence-electron chi connectivity index (χ3n) is 5.56. The van der Waals surface area contributed by atoms with Gasteiger partial charge in [-0.1, -0.05) is 11.3 Å². The van der Waals surface area contributed by atoms with Crippen LogP contribution in [-0.2, 0) is 0 Å². The van der Waals surface area contributed by atoms with E-state index in [1.165, 1.54) is 49.7 Å². The molecule has 0 spiro atoms. The number of anilines is 3. The van der Waals surface area contributed by atoms with Gasteiger partial charge in [0.05, 0.1) is 47.7 Å². The predicted molar refractivity (Wildman–Crippen MR) is 130 cm³/mol. The van der Waals surface area contributed by atoms with E-state index in [-0.39, 0.29) is 18.3 Å². The molecule has 2 aromatic heterocycles. The second kappa shape index (κ2) is 8.72. The smallest absolute Gasteiger partial charge is 0.270 e. The maximum atomic E-state index is 13.4. The number of aromatic nitrogens is 2. The number of nitro groups is 1. The molecule has 0 N–H and O–H groups in total. The summed E-state index contributed by atoms with van der Waals surface area (Å²) in [5.41, 5.74) is 1.58. The van der Waals surface area contributed by atoms with Crippen molar-refractivity contribution in [2.24, 2.45) is 0 Å². The fourth-order valence-electron chi connectivity index (χ4n) is 3.90. The van der Waals surface area contributed by atoms with Crippen molar-refractivity contribution < 1.29 is 23.9 Å². The van der Waals surface area contributed by atoms with Gasteiger partial charge in [0.25, 0.3) is 11.6 Å². The third kappa shape index (κ3) is 3.73. The Bertz CT molecular complexity index is 1450. The Morgan fingerprint density at radius 2 is 1.77 bits per heavy atom. The van der Waals surface area contributed by atoms with E-state index in [9.17, 15) is 14.9 Å². The van der Waals surface area contributed by atoms with Crippen molar-refractivity contribution in [1.82, 2.24) is 9.97 Å². The van der Waals surface area contributed by atoms with Gasteiger partial charge in [-0.3, -0.25) is 19.8 Å². The molecule has 1 aliphatic rings. The normalized spacial score (nSPS) is 13.1. The van der Waals surface area contributed by atoms with Gasteiger partial charge >= 0.3 is 0 Å². The number of non-ortho nitro benzene ring substituents is 1. The van der Waals surface area contributed by atoms with E-state index < -0.39 is 4.92 Å². The Hall–Kier alpha value is -4.45. The predicted octanol–water partition coefficient (Wildman–Crippen LogP) is 4.38. The molecule has 0 saturated heterocycles. The summed E-state index contributed by atoms with van der Waals surface area (Å²) in [7, 11) is 4.58. The number of ether oxygens (including phenoxy) is 3. The molecule has 178 valence electrons. The highest BCUT2D eigenvalue weighted by Gasteiger charge is 2.34. The summed E-state index contributed by atoms with van der Waals surface area (Å²) >= 11 is 1.21. The Morgan fingerprint density at radius 1 is 1.03 bits per heavy atom. The first-order chi connectivity index (χ1) is 16.9. The van der Waals surface area contributed by atoms with E-state index in [4.69, 9.17) is 14.2 Å². The molecule has 0 atom stereocenters. The van der Waals surface area contributed by atoms with Crippen LogP contribution in [0.5, 0.6) is 17.2 Å². The van der Waals surface area contributed by atoms with Crippen molar-refractivity contribution >= 4 is 49.8 Å². The first-order valence-corrected chi connectivity index (χ1v) is 11.2. The lowest BCUT2D eigenvalue weighted by molar-refractivity contribution is -0.384. The van der Waals surface area contributed by atoms with Gasteiger partial charge in [0.15, 0.2) is 16.6 Å². The molecular formula is C23H19N5O6S. The Kier molecular flexibility index (Phi) is 5.57. The number of carbonyl (C=O) groups is 1. The van der Waals surface area contributed by atoms with Crippen LogP contribution in [-0.4, -0.2) is 48.8 Å². The molecule has 0 bridgehead atoms. The van der Waals surface area contributed by atoms with Crippen LogP contribution in [0.2, 0.25) is 0 Å². The highest BCUT2D eigenvalue weighted by molar-refractivity contribution is 7.22. The fourth-order valence-corrected chi connectivity index (χ4v) is 4.89. The van der Waals surface area contributed by atoms with Gasteiger partial charge in [-0.05, 0) is 18.2 Å². The molecule has 0 aliphatic carbocycles. The van der Waals surface area contributed by atoms with E-state index in [0.29, 0.717) is 49.7 Å². The average molecular weight is 494 g/mol. The average Bonchev–Trinajstić information content (AvgIpc) is 3.31. The van der Waals surface area contributed by atoms with Crippen molar-refractivity contribution in [1.29, 1.82) is 0 Å². The molecule has 1 aliphatic heterocycles. The highest BCUT2D eigenvalue weighted by Crippen LogP contribution is 2.44. The molecule has 4 aromatic rings. The number of nitrogens with zero attached hydrogens (tertiary/aromatic N) is 5. The number of pyridine rings is 1. The topological polar surface area (TPSA) is 120 Å². The van der Waals surface area contributed by atoms with Crippen LogP contribution >= 0.6 is 11.3 Å². The van der Waals surface area contributed by atoms with Crippen LogP contribution < -0.4 is 24.0 Å². The minimum atomic E-state index is -0.459. The number of thiazole rings is 1. The van der Waals surface area contributed by atoms with Crippen molar-refractivity contribution in [2.75, 3.05) is 37.8 Å². The maximum Gasteiger partial charge on any atom is 0.270 e. The third-order valence-corrected chi connectivity index (χ3v) is 6.61. The molecule has 12 heteroatoms. The number of methoxy groups -OCH3 is 3. The van der Waals surface area contributed by atoms with E-state index >= 15 is 0 Å². The number of amides is 1. The van der Waals surface area contributed by atoms with Crippen molar-refractivity contribution in [3.63, 3.8) is 0 Å². The van der Waals surface area contributed by atoms with Gasteiger partial charge in [-0.15, -0.1) is 0 Å². The van der Waals surface area contributed by atoms with E-state index in [1.54, 1.807) is 36.5 Å². The second-order valence-electron chi connectivity index (χ2n) is 7.47. The van der Waals surface area contributed by atoms with Gasteiger partial charge in [-0.25, -0.2) is 9.97 Å². The molecule has 11 nitrogen and oxygen atoms in total. The van der Waals surface area contributed by atoms with Crippen LogP contribution in [0.25, 0.3) is 10.2 Å². The minimum Gasteiger partial charge on any atom is -0.493 e. The van der Waals surface area contributed by atoms with Crippen LogP contribution in [0.15, 0.2) is 48.7 Å². The minimum absolute atomic E-state index is 0.0359. The van der Waals surface area contributed by atoms with Crippen molar-refractivity contribution in [2.45, 2.75) is 0 Å². The second-order valence-corrected chi connectivity index (χ2v) is 8.48. The molecule has 3 heterocycles. The number of carbonyl (C=O) groups excluding carboxylic acids is 1. The van der Waals surface area contributed by atoms with Crippen molar-refractivity contribution in [3.05, 3.63) is 64.3 Å². The zero-order valence-electron chi connectivity index (χ0n) is 18.9. The number of hydrogen-bond donors (Lipinski definition) is 0. The first kappa shape index (κ1) is 22.3. The van der Waals surface area contributed by atoms with Crippen LogP contribution in [0, 0.1) is 10.1 Å². The Morgan fingerprint density at radius 3 is 2.43 bits per heavy atom. The van der Waals surface area contributed by atoms with Gasteiger partial charge in [0, 0.05) is 30.5 Å². The van der Waals surface area contributed by atoms with E-state index in [1.807, 2.05) is 4.90 Å². The Balaban J connectivity index is 1.63. The monoisotopic (exact) mass is 493 g/mol. The summed E-state index contributed by atoms with van der Waals surface area (Å²) in [5.74, 6) is 1.55. The molecule has 0 radical (unpaired) electrons.